The van der Waals surface area contributed by atoms with Crippen molar-refractivity contribution < 1.29 is 18.7 Å². The van der Waals surface area contributed by atoms with Gasteiger partial charge in [0.2, 0.25) is 0 Å². The van der Waals surface area contributed by atoms with E-state index in [0.29, 0.717) is 27.6 Å². The first-order chi connectivity index (χ1) is 17.4. The summed E-state index contributed by atoms with van der Waals surface area (Å²) in [5.41, 5.74) is 7.98. The summed E-state index contributed by atoms with van der Waals surface area (Å²) in [7, 11) is 1.51. The van der Waals surface area contributed by atoms with Crippen LogP contribution in [0.25, 0.3) is 0 Å². The lowest BCUT2D eigenvalue weighted by Gasteiger charge is -2.36. The average molecular weight is 510 g/mol. The van der Waals surface area contributed by atoms with Crippen molar-refractivity contribution in [3.05, 3.63) is 94.3 Å². The van der Waals surface area contributed by atoms with Gasteiger partial charge in [-0.2, -0.15) is 0 Å². The molecule has 1 saturated carbocycles. The minimum atomic E-state index is -0.467. The molecule has 3 N–H and O–H groups in total. The van der Waals surface area contributed by atoms with Crippen molar-refractivity contribution in [3.8, 4) is 5.75 Å². The van der Waals surface area contributed by atoms with Gasteiger partial charge in [-0.15, -0.1) is 0 Å². The van der Waals surface area contributed by atoms with Crippen molar-refractivity contribution >= 4 is 29.1 Å². The molecule has 3 aromatic rings. The average Bonchev–Trinajstić information content (AvgIpc) is 2.89. The molecular weight excluding hydrogens is 481 g/mol. The van der Waals surface area contributed by atoms with E-state index < -0.39 is 5.82 Å². The number of carbonyl (C=O) groups excluding carboxylic acids is 2. The highest BCUT2D eigenvalue weighted by atomic mass is 35.5. The third-order valence-electron chi connectivity index (χ3n) is 6.51. The van der Waals surface area contributed by atoms with Gasteiger partial charge in [0.1, 0.15) is 11.6 Å². The third kappa shape index (κ3) is 6.04. The molecule has 1 aliphatic carbocycles. The number of hydrogen-bond donors (Lipinski definition) is 2. The molecule has 36 heavy (non-hydrogen) atoms. The Bertz CT molecular complexity index is 1240. The molecule has 188 valence electrons. The zero-order chi connectivity index (χ0) is 25.7. The first-order valence-electron chi connectivity index (χ1n) is 11.9. The van der Waals surface area contributed by atoms with E-state index in [9.17, 15) is 14.0 Å². The summed E-state index contributed by atoms with van der Waals surface area (Å²) in [4.78, 5) is 28.1. The molecule has 3 aromatic carbocycles. The Hall–Kier alpha value is -3.42. The summed E-state index contributed by atoms with van der Waals surface area (Å²) in [5.74, 6) is -0.596. The standard InChI is InChI=1S/C28H29ClFN3O3/c1-36-26-8-3-2-7-24(26)27(34)32-22-11-14-25(29)19(16-22)17-33(23-12-9-21(31)10-13-23)28(35)18-5-4-6-20(30)15-18/h2-8,11,14-16,21,23H,9-10,12-13,17,31H2,1H3,(H,32,34). The van der Waals surface area contributed by atoms with Gasteiger partial charge in [0.15, 0.2) is 0 Å². The highest BCUT2D eigenvalue weighted by molar-refractivity contribution is 6.31. The maximum absolute atomic E-state index is 13.9. The Balaban J connectivity index is 1.60. The van der Waals surface area contributed by atoms with E-state index in [1.165, 1.54) is 25.3 Å². The second-order valence-corrected chi connectivity index (χ2v) is 9.38. The lowest BCUT2D eigenvalue weighted by molar-refractivity contribution is 0.0606. The maximum Gasteiger partial charge on any atom is 0.259 e. The zero-order valence-corrected chi connectivity index (χ0v) is 20.8. The first kappa shape index (κ1) is 25.7. The molecule has 4 rings (SSSR count). The number of nitrogens with zero attached hydrogens (tertiary/aromatic N) is 1. The van der Waals surface area contributed by atoms with E-state index in [1.54, 1.807) is 53.4 Å². The van der Waals surface area contributed by atoms with E-state index in [1.807, 2.05) is 0 Å². The highest BCUT2D eigenvalue weighted by Crippen LogP contribution is 2.29. The maximum atomic E-state index is 13.9. The SMILES string of the molecule is COc1ccccc1C(=O)Nc1ccc(Cl)c(CN(C(=O)c2cccc(F)c2)C2CCC(N)CC2)c1. The number of methoxy groups -OCH3 is 1. The van der Waals surface area contributed by atoms with Crippen LogP contribution in [-0.4, -0.2) is 35.9 Å². The van der Waals surface area contributed by atoms with Crippen LogP contribution in [0.5, 0.6) is 5.75 Å². The number of carbonyl (C=O) groups is 2. The van der Waals surface area contributed by atoms with Crippen molar-refractivity contribution in [2.75, 3.05) is 12.4 Å². The van der Waals surface area contributed by atoms with E-state index in [2.05, 4.69) is 5.32 Å². The molecule has 0 aromatic heterocycles. The normalized spacial score (nSPS) is 17.3. The largest absolute Gasteiger partial charge is 0.496 e. The Kier molecular flexibility index (Phi) is 8.23. The monoisotopic (exact) mass is 509 g/mol. The van der Waals surface area contributed by atoms with E-state index in [4.69, 9.17) is 22.1 Å². The summed E-state index contributed by atoms with van der Waals surface area (Å²) in [6, 6.07) is 17.9. The number of para-hydroxylation sites is 1. The number of rotatable bonds is 7. The van der Waals surface area contributed by atoms with Gasteiger partial charge in [-0.1, -0.05) is 29.8 Å². The summed E-state index contributed by atoms with van der Waals surface area (Å²) >= 11 is 6.53. The van der Waals surface area contributed by atoms with Crippen molar-refractivity contribution in [3.63, 3.8) is 0 Å². The van der Waals surface area contributed by atoms with Crippen LogP contribution in [0, 0.1) is 5.82 Å². The van der Waals surface area contributed by atoms with Crippen LogP contribution in [0.2, 0.25) is 5.02 Å². The van der Waals surface area contributed by atoms with E-state index >= 15 is 0 Å². The molecule has 8 heteroatoms. The Labute approximate surface area is 215 Å². The van der Waals surface area contributed by atoms with Crippen molar-refractivity contribution in [2.24, 2.45) is 5.73 Å². The summed E-state index contributed by atoms with van der Waals surface area (Å²) in [5, 5.41) is 3.35. The second kappa shape index (κ2) is 11.5. The summed E-state index contributed by atoms with van der Waals surface area (Å²) in [6.45, 7) is 0.215. The van der Waals surface area contributed by atoms with Gasteiger partial charge in [0.25, 0.3) is 11.8 Å². The summed E-state index contributed by atoms with van der Waals surface area (Å²) < 4.78 is 19.2. The topological polar surface area (TPSA) is 84.7 Å². The number of anilines is 1. The van der Waals surface area contributed by atoms with Gasteiger partial charge in [0, 0.05) is 34.9 Å². The van der Waals surface area contributed by atoms with Gasteiger partial charge in [-0.25, -0.2) is 4.39 Å². The van der Waals surface area contributed by atoms with Crippen LogP contribution in [0.1, 0.15) is 52.0 Å². The Morgan fingerprint density at radius 3 is 2.53 bits per heavy atom. The molecule has 1 aliphatic rings. The Morgan fingerprint density at radius 2 is 1.81 bits per heavy atom. The highest BCUT2D eigenvalue weighted by Gasteiger charge is 2.29. The molecule has 0 heterocycles. The van der Waals surface area contributed by atoms with Gasteiger partial charge in [-0.05, 0) is 79.8 Å². The fraction of sp³-hybridized carbons (Fsp3) is 0.286. The van der Waals surface area contributed by atoms with Gasteiger partial charge in [-0.3, -0.25) is 9.59 Å². The van der Waals surface area contributed by atoms with Gasteiger partial charge in [0.05, 0.1) is 12.7 Å². The van der Waals surface area contributed by atoms with Crippen LogP contribution in [-0.2, 0) is 6.54 Å². The molecule has 0 atom stereocenters. The predicted molar refractivity (Wildman–Crippen MR) is 139 cm³/mol. The predicted octanol–water partition coefficient (Wildman–Crippen LogP) is 5.65. The molecule has 0 spiro atoms. The number of hydrogen-bond acceptors (Lipinski definition) is 4. The zero-order valence-electron chi connectivity index (χ0n) is 20.0. The van der Waals surface area contributed by atoms with Crippen LogP contribution in [0.15, 0.2) is 66.7 Å². The van der Waals surface area contributed by atoms with E-state index in [0.717, 1.165) is 25.7 Å². The molecule has 1 fully saturated rings. The fourth-order valence-corrected chi connectivity index (χ4v) is 4.73. The van der Waals surface area contributed by atoms with Crippen molar-refractivity contribution in [1.29, 1.82) is 0 Å². The van der Waals surface area contributed by atoms with Crippen molar-refractivity contribution in [1.82, 2.24) is 4.90 Å². The molecule has 0 radical (unpaired) electrons. The smallest absolute Gasteiger partial charge is 0.259 e. The molecule has 0 unspecified atom stereocenters. The molecule has 0 bridgehead atoms. The Morgan fingerprint density at radius 1 is 1.06 bits per heavy atom. The summed E-state index contributed by atoms with van der Waals surface area (Å²) in [6.07, 6.45) is 3.12. The van der Waals surface area contributed by atoms with Gasteiger partial charge >= 0.3 is 0 Å². The van der Waals surface area contributed by atoms with Crippen molar-refractivity contribution in [2.45, 2.75) is 44.3 Å². The van der Waals surface area contributed by atoms with Crippen LogP contribution >= 0.6 is 11.6 Å². The molecule has 6 nitrogen and oxygen atoms in total. The number of nitrogens with two attached hydrogens (primary N) is 1. The number of amides is 2. The molecule has 2 amide bonds. The lowest BCUT2D eigenvalue weighted by atomic mass is 9.90. The van der Waals surface area contributed by atoms with Gasteiger partial charge < -0.3 is 20.7 Å². The lowest BCUT2D eigenvalue weighted by Crippen LogP contribution is -2.44. The molecule has 0 aliphatic heterocycles. The molecule has 0 saturated heterocycles. The molecular formula is C28H29ClFN3O3. The third-order valence-corrected chi connectivity index (χ3v) is 6.88. The van der Waals surface area contributed by atoms with Crippen LogP contribution < -0.4 is 15.8 Å². The number of ether oxygens (including phenoxy) is 1. The fourth-order valence-electron chi connectivity index (χ4n) is 4.56. The second-order valence-electron chi connectivity index (χ2n) is 8.97. The number of halogens is 2. The van der Waals surface area contributed by atoms with Crippen LogP contribution in [0.3, 0.4) is 0 Å². The van der Waals surface area contributed by atoms with Crippen LogP contribution in [0.4, 0.5) is 10.1 Å². The first-order valence-corrected chi connectivity index (χ1v) is 12.3. The minimum Gasteiger partial charge on any atom is -0.496 e. The van der Waals surface area contributed by atoms with E-state index in [-0.39, 0.29) is 36.0 Å². The number of benzene rings is 3. The number of nitrogens with one attached hydrogen (secondary N) is 1. The minimum absolute atomic E-state index is 0.0524. The quantitative estimate of drug-likeness (QED) is 0.431.